The van der Waals surface area contributed by atoms with Crippen molar-refractivity contribution in [3.63, 3.8) is 0 Å². The van der Waals surface area contributed by atoms with E-state index >= 15 is 0 Å². The van der Waals surface area contributed by atoms with E-state index in [1.54, 1.807) is 7.11 Å². The summed E-state index contributed by atoms with van der Waals surface area (Å²) in [6.45, 7) is 1.73. The number of amides is 1. The Morgan fingerprint density at radius 1 is 1.35 bits per heavy atom. The van der Waals surface area contributed by atoms with Gasteiger partial charge in [0.25, 0.3) is 0 Å². The van der Waals surface area contributed by atoms with Crippen LogP contribution >= 0.6 is 0 Å². The van der Waals surface area contributed by atoms with E-state index in [-0.39, 0.29) is 24.0 Å². The molecule has 0 aromatic heterocycles. The van der Waals surface area contributed by atoms with E-state index in [1.807, 2.05) is 29.2 Å². The molecule has 0 radical (unpaired) electrons. The van der Waals surface area contributed by atoms with E-state index in [4.69, 9.17) is 9.47 Å². The Morgan fingerprint density at radius 3 is 2.78 bits per heavy atom. The van der Waals surface area contributed by atoms with Crippen molar-refractivity contribution in [1.29, 1.82) is 0 Å². The number of aliphatic hydroxyl groups excluding tert-OH is 1. The number of carbonyl (C=O) groups excluding carboxylic acids is 1. The molecule has 0 bridgehead atoms. The lowest BCUT2D eigenvalue weighted by Gasteiger charge is -2.40. The third-order valence-corrected chi connectivity index (χ3v) is 5.03. The Kier molecular flexibility index (Phi) is 5.18. The summed E-state index contributed by atoms with van der Waals surface area (Å²) in [5.41, 5.74) is 0.980. The minimum atomic E-state index is -0.307. The van der Waals surface area contributed by atoms with Gasteiger partial charge in [0.05, 0.1) is 38.9 Å². The zero-order chi connectivity index (χ0) is 16.2. The van der Waals surface area contributed by atoms with Crippen LogP contribution in [0.5, 0.6) is 5.75 Å². The van der Waals surface area contributed by atoms with Gasteiger partial charge in [-0.3, -0.25) is 4.79 Å². The smallest absolute Gasteiger partial charge is 0.227 e. The molecule has 126 valence electrons. The summed E-state index contributed by atoms with van der Waals surface area (Å²) in [6.07, 6.45) is 2.91. The van der Waals surface area contributed by atoms with Crippen LogP contribution in [0.1, 0.15) is 24.8 Å². The maximum absolute atomic E-state index is 12.8. The molecule has 0 unspecified atom stereocenters. The molecular formula is C18H25NO4. The van der Waals surface area contributed by atoms with Gasteiger partial charge < -0.3 is 19.5 Å². The quantitative estimate of drug-likeness (QED) is 0.916. The number of benzene rings is 1. The van der Waals surface area contributed by atoms with Crippen LogP contribution in [0.3, 0.4) is 0 Å². The van der Waals surface area contributed by atoms with Gasteiger partial charge in [0.1, 0.15) is 5.75 Å². The molecule has 5 heteroatoms. The molecule has 1 aromatic rings. The fourth-order valence-corrected chi connectivity index (χ4v) is 3.72. The first-order valence-electron chi connectivity index (χ1n) is 8.37. The number of rotatable bonds is 4. The molecule has 1 aliphatic heterocycles. The number of hydrogen-bond donors (Lipinski definition) is 1. The van der Waals surface area contributed by atoms with Crippen LogP contribution in [-0.2, 0) is 16.0 Å². The van der Waals surface area contributed by atoms with Crippen LogP contribution in [0, 0.1) is 5.92 Å². The summed E-state index contributed by atoms with van der Waals surface area (Å²) in [4.78, 5) is 14.7. The second-order valence-electron chi connectivity index (χ2n) is 6.42. The molecule has 23 heavy (non-hydrogen) atoms. The van der Waals surface area contributed by atoms with Crippen molar-refractivity contribution in [2.45, 2.75) is 37.8 Å². The van der Waals surface area contributed by atoms with Crippen LogP contribution in [-0.4, -0.2) is 54.9 Å². The SMILES string of the molecule is COc1ccc(CC(=O)N2CCOC[C@@H]2[C@@H]2CCC[C@H]2O)cc1. The van der Waals surface area contributed by atoms with Crippen molar-refractivity contribution in [2.75, 3.05) is 26.9 Å². The summed E-state index contributed by atoms with van der Waals surface area (Å²) >= 11 is 0. The number of methoxy groups -OCH3 is 1. The molecule has 1 N–H and O–H groups in total. The number of morpholine rings is 1. The Labute approximate surface area is 137 Å². The minimum absolute atomic E-state index is 0.00648. The van der Waals surface area contributed by atoms with E-state index in [1.165, 1.54) is 0 Å². The topological polar surface area (TPSA) is 59.0 Å². The second-order valence-corrected chi connectivity index (χ2v) is 6.42. The summed E-state index contributed by atoms with van der Waals surface area (Å²) < 4.78 is 10.7. The first-order valence-corrected chi connectivity index (χ1v) is 8.37. The number of ether oxygens (including phenoxy) is 2. The fraction of sp³-hybridized carbons (Fsp3) is 0.611. The first-order chi connectivity index (χ1) is 11.2. The predicted molar refractivity (Wildman–Crippen MR) is 86.4 cm³/mol. The molecule has 1 saturated carbocycles. The Bertz CT molecular complexity index is 530. The molecule has 2 aliphatic rings. The van der Waals surface area contributed by atoms with Crippen molar-refractivity contribution in [3.05, 3.63) is 29.8 Å². The summed E-state index contributed by atoms with van der Waals surface area (Å²) in [7, 11) is 1.63. The third-order valence-electron chi connectivity index (χ3n) is 5.03. The zero-order valence-electron chi connectivity index (χ0n) is 13.6. The highest BCUT2D eigenvalue weighted by molar-refractivity contribution is 5.79. The number of hydrogen-bond acceptors (Lipinski definition) is 4. The van der Waals surface area contributed by atoms with Crippen molar-refractivity contribution in [1.82, 2.24) is 4.90 Å². The highest BCUT2D eigenvalue weighted by atomic mass is 16.5. The van der Waals surface area contributed by atoms with Crippen LogP contribution < -0.4 is 4.74 Å². The maximum Gasteiger partial charge on any atom is 0.227 e. The van der Waals surface area contributed by atoms with Gasteiger partial charge in [-0.15, -0.1) is 0 Å². The largest absolute Gasteiger partial charge is 0.497 e. The fourth-order valence-electron chi connectivity index (χ4n) is 3.72. The Hall–Kier alpha value is -1.59. The summed E-state index contributed by atoms with van der Waals surface area (Å²) in [5, 5.41) is 10.2. The Balaban J connectivity index is 1.68. The van der Waals surface area contributed by atoms with Gasteiger partial charge in [0, 0.05) is 12.5 Å². The molecule has 1 amide bonds. The molecule has 5 nitrogen and oxygen atoms in total. The average Bonchev–Trinajstić information content (AvgIpc) is 3.01. The second kappa shape index (κ2) is 7.32. The van der Waals surface area contributed by atoms with Crippen molar-refractivity contribution < 1.29 is 19.4 Å². The van der Waals surface area contributed by atoms with E-state index in [0.29, 0.717) is 26.2 Å². The van der Waals surface area contributed by atoms with Gasteiger partial charge in [0.2, 0.25) is 5.91 Å². The van der Waals surface area contributed by atoms with Gasteiger partial charge >= 0.3 is 0 Å². The standard InChI is InChI=1S/C18H25NO4/c1-22-14-7-5-13(6-8-14)11-18(21)19-9-10-23-12-16(19)15-3-2-4-17(15)20/h5-8,15-17,20H,2-4,9-12H2,1H3/t15-,16+,17+/m0/s1. The molecule has 1 aromatic carbocycles. The lowest BCUT2D eigenvalue weighted by Crippen LogP contribution is -2.54. The number of carbonyl (C=O) groups is 1. The Morgan fingerprint density at radius 2 is 2.13 bits per heavy atom. The van der Waals surface area contributed by atoms with Gasteiger partial charge in [-0.05, 0) is 30.5 Å². The average molecular weight is 319 g/mol. The van der Waals surface area contributed by atoms with Crippen molar-refractivity contribution >= 4 is 5.91 Å². The van der Waals surface area contributed by atoms with E-state index in [0.717, 1.165) is 30.6 Å². The molecule has 1 aliphatic carbocycles. The zero-order valence-corrected chi connectivity index (χ0v) is 13.6. The monoisotopic (exact) mass is 319 g/mol. The first kappa shape index (κ1) is 16.3. The molecule has 0 spiro atoms. The normalized spacial score (nSPS) is 27.9. The molecule has 3 rings (SSSR count). The van der Waals surface area contributed by atoms with Gasteiger partial charge in [-0.2, -0.15) is 0 Å². The van der Waals surface area contributed by atoms with Crippen LogP contribution in [0.15, 0.2) is 24.3 Å². The van der Waals surface area contributed by atoms with Gasteiger partial charge in [0.15, 0.2) is 0 Å². The molecule has 1 saturated heterocycles. The van der Waals surface area contributed by atoms with Gasteiger partial charge in [-0.25, -0.2) is 0 Å². The van der Waals surface area contributed by atoms with Crippen LogP contribution in [0.25, 0.3) is 0 Å². The minimum Gasteiger partial charge on any atom is -0.497 e. The van der Waals surface area contributed by atoms with Crippen LogP contribution in [0.2, 0.25) is 0 Å². The van der Waals surface area contributed by atoms with Gasteiger partial charge in [-0.1, -0.05) is 18.6 Å². The maximum atomic E-state index is 12.8. The highest BCUT2D eigenvalue weighted by Crippen LogP contribution is 2.32. The number of nitrogens with zero attached hydrogens (tertiary/aromatic N) is 1. The molecular weight excluding hydrogens is 294 g/mol. The van der Waals surface area contributed by atoms with Crippen LogP contribution in [0.4, 0.5) is 0 Å². The van der Waals surface area contributed by atoms with E-state index < -0.39 is 0 Å². The molecule has 3 atom stereocenters. The predicted octanol–water partition coefficient (Wildman–Crippen LogP) is 1.63. The summed E-state index contributed by atoms with van der Waals surface area (Å²) in [6, 6.07) is 7.61. The van der Waals surface area contributed by atoms with Crippen molar-refractivity contribution in [3.8, 4) is 5.75 Å². The van der Waals surface area contributed by atoms with E-state index in [2.05, 4.69) is 0 Å². The molecule has 1 heterocycles. The summed E-state index contributed by atoms with van der Waals surface area (Å²) in [5.74, 6) is 1.05. The third kappa shape index (κ3) is 3.67. The lowest BCUT2D eigenvalue weighted by molar-refractivity contribution is -0.143. The molecule has 2 fully saturated rings. The highest BCUT2D eigenvalue weighted by Gasteiger charge is 2.39. The van der Waals surface area contributed by atoms with E-state index in [9.17, 15) is 9.90 Å². The lowest BCUT2D eigenvalue weighted by atomic mass is 9.93. The number of aliphatic hydroxyl groups is 1. The van der Waals surface area contributed by atoms with Crippen molar-refractivity contribution in [2.24, 2.45) is 5.92 Å².